The second-order valence-corrected chi connectivity index (χ2v) is 0.782. The second kappa shape index (κ2) is 0.908. The third-order valence-corrected chi connectivity index (χ3v) is 0.387. The van der Waals surface area contributed by atoms with Crippen LogP contribution in [-0.2, 0) is 4.84 Å². The van der Waals surface area contributed by atoms with Gasteiger partial charge in [0.1, 0.15) is 0 Å². The molecule has 1 unspecified atom stereocenters. The van der Waals surface area contributed by atoms with E-state index in [-0.39, 0.29) is 6.35 Å². The van der Waals surface area contributed by atoms with Crippen LogP contribution in [0.5, 0.6) is 0 Å². The number of nitrogens with one attached hydrogen (secondary N) is 2. The zero-order chi connectivity index (χ0) is 3.70. The van der Waals surface area contributed by atoms with E-state index in [1.807, 2.05) is 0 Å². The Labute approximate surface area is 29.2 Å². The maximum Gasteiger partial charge on any atom is 0.217 e. The Morgan fingerprint density at radius 1 is 2.00 bits per heavy atom. The van der Waals surface area contributed by atoms with Crippen LogP contribution < -0.4 is 16.7 Å². The maximum absolute atomic E-state index is 4.80. The van der Waals surface area contributed by atoms with Gasteiger partial charge in [0.15, 0.2) is 0 Å². The van der Waals surface area contributed by atoms with Crippen molar-refractivity contribution in [3.05, 3.63) is 0 Å². The topological polar surface area (TPSA) is 72.5 Å². The number of hydrogen-bond acceptors (Lipinski definition) is 4. The molecule has 1 fully saturated rings. The van der Waals surface area contributed by atoms with Crippen molar-refractivity contribution in [1.29, 1.82) is 0 Å². The zero-order valence-corrected chi connectivity index (χ0v) is 2.56. The molecule has 0 spiro atoms. The van der Waals surface area contributed by atoms with E-state index in [9.17, 15) is 0 Å². The number of hydrazine groups is 1. The molecule has 1 heterocycles. The van der Waals surface area contributed by atoms with Gasteiger partial charge >= 0.3 is 0 Å². The number of nitrogens with two attached hydrogens (primary N) is 1. The lowest BCUT2D eigenvalue weighted by atomic mass is 11.2. The molecule has 0 aromatic heterocycles. The molecule has 5 heavy (non-hydrogen) atoms. The van der Waals surface area contributed by atoms with E-state index in [2.05, 4.69) is 15.7 Å². The van der Waals surface area contributed by atoms with Gasteiger partial charge in [0.2, 0.25) is 6.35 Å². The van der Waals surface area contributed by atoms with Gasteiger partial charge in [-0.1, -0.05) is 0 Å². The van der Waals surface area contributed by atoms with Gasteiger partial charge in [-0.15, -0.1) is 0 Å². The van der Waals surface area contributed by atoms with Crippen LogP contribution >= 0.6 is 0 Å². The lowest BCUT2D eigenvalue weighted by molar-refractivity contribution is 0.347. The van der Waals surface area contributed by atoms with Crippen molar-refractivity contribution in [2.75, 3.05) is 0 Å². The highest BCUT2D eigenvalue weighted by molar-refractivity contribution is 4.44. The number of rotatable bonds is 1. The molecule has 0 aliphatic carbocycles. The summed E-state index contributed by atoms with van der Waals surface area (Å²) in [5, 5.41) is 0. The Morgan fingerprint density at radius 2 is 2.60 bits per heavy atom. The molecule has 0 radical (unpaired) electrons. The summed E-state index contributed by atoms with van der Waals surface area (Å²) in [7, 11) is 0. The van der Waals surface area contributed by atoms with Gasteiger partial charge in [0.25, 0.3) is 0 Å². The molecular weight excluding hydrogens is 70.0 g/mol. The summed E-state index contributed by atoms with van der Waals surface area (Å²) in [5.41, 5.74) is 4.75. The van der Waals surface area contributed by atoms with Crippen molar-refractivity contribution in [1.82, 2.24) is 10.9 Å². The Bertz CT molecular complexity index is 33.9. The highest BCUT2D eigenvalue weighted by Gasteiger charge is 2.17. The molecule has 1 saturated heterocycles. The summed E-state index contributed by atoms with van der Waals surface area (Å²) in [5.74, 6) is 4.80. The minimum Gasteiger partial charge on any atom is -0.268 e. The quantitative estimate of drug-likeness (QED) is 0.197. The van der Waals surface area contributed by atoms with Crippen molar-refractivity contribution >= 4 is 0 Å². The Kier molecular flexibility index (Phi) is 0.553. The van der Waals surface area contributed by atoms with E-state index in [1.165, 1.54) is 0 Å². The van der Waals surface area contributed by atoms with E-state index in [1.54, 1.807) is 0 Å². The summed E-state index contributed by atoms with van der Waals surface area (Å²) >= 11 is 0. The minimum atomic E-state index is -0.0880. The van der Waals surface area contributed by atoms with E-state index < -0.39 is 0 Å². The van der Waals surface area contributed by atoms with Crippen molar-refractivity contribution in [3.8, 4) is 0 Å². The van der Waals surface area contributed by atoms with E-state index in [0.29, 0.717) is 0 Å². The van der Waals surface area contributed by atoms with Crippen molar-refractivity contribution < 1.29 is 4.84 Å². The van der Waals surface area contributed by atoms with Crippen molar-refractivity contribution in [2.45, 2.75) is 6.35 Å². The minimum absolute atomic E-state index is 0.0880. The van der Waals surface area contributed by atoms with Crippen LogP contribution in [0.1, 0.15) is 0 Å². The fourth-order valence-electron chi connectivity index (χ4n) is 0.102. The SMILES string of the molecule is NNC1NO1. The monoisotopic (exact) mass is 75.0 g/mol. The average molecular weight is 75.1 g/mol. The van der Waals surface area contributed by atoms with Crippen LogP contribution in [0.25, 0.3) is 0 Å². The van der Waals surface area contributed by atoms with E-state index in [4.69, 9.17) is 5.84 Å². The molecule has 0 bridgehead atoms. The normalized spacial score (nSPS) is 34.2. The molecule has 30 valence electrons. The molecule has 0 aromatic rings. The fourth-order valence-corrected chi connectivity index (χ4v) is 0.102. The molecule has 1 aliphatic heterocycles. The predicted molar refractivity (Wildman–Crippen MR) is 15.3 cm³/mol. The van der Waals surface area contributed by atoms with Gasteiger partial charge < -0.3 is 0 Å². The van der Waals surface area contributed by atoms with Crippen molar-refractivity contribution in [2.24, 2.45) is 5.84 Å². The first kappa shape index (κ1) is 3.05. The van der Waals surface area contributed by atoms with Crippen LogP contribution in [0.3, 0.4) is 0 Å². The van der Waals surface area contributed by atoms with Gasteiger partial charge in [-0.25, -0.2) is 5.43 Å². The number of hydroxylamine groups is 1. The molecule has 0 saturated carbocycles. The molecular formula is CH5N3O. The smallest absolute Gasteiger partial charge is 0.217 e. The average Bonchev–Trinajstić information content (AvgIpc) is 2.12. The standard InChI is InChI=1S/CH5N3O/c2-3-1-4-5-1/h1,3-4H,2H2. The van der Waals surface area contributed by atoms with Gasteiger partial charge in [-0.3, -0.25) is 10.7 Å². The molecule has 4 N–H and O–H groups in total. The van der Waals surface area contributed by atoms with Gasteiger partial charge in [-0.05, 0) is 0 Å². The lowest BCUT2D eigenvalue weighted by Crippen LogP contribution is -2.26. The highest BCUT2D eigenvalue weighted by atomic mass is 16.8. The summed E-state index contributed by atoms with van der Waals surface area (Å²) in [6.07, 6.45) is -0.0880. The van der Waals surface area contributed by atoms with E-state index >= 15 is 0 Å². The molecule has 1 rings (SSSR count). The second-order valence-electron chi connectivity index (χ2n) is 0.782. The van der Waals surface area contributed by atoms with Gasteiger partial charge in [0, 0.05) is 0 Å². The highest BCUT2D eigenvalue weighted by Crippen LogP contribution is 1.87. The summed E-state index contributed by atoms with van der Waals surface area (Å²) in [6, 6.07) is 0. The number of hydrogen-bond donors (Lipinski definition) is 3. The van der Waals surface area contributed by atoms with Crippen LogP contribution in [0.4, 0.5) is 0 Å². The first-order valence-corrected chi connectivity index (χ1v) is 1.31. The van der Waals surface area contributed by atoms with Crippen LogP contribution in [0.2, 0.25) is 0 Å². The van der Waals surface area contributed by atoms with Crippen LogP contribution in [0.15, 0.2) is 0 Å². The van der Waals surface area contributed by atoms with Crippen LogP contribution in [0, 0.1) is 0 Å². The largest absolute Gasteiger partial charge is 0.268 e. The van der Waals surface area contributed by atoms with Crippen molar-refractivity contribution in [3.63, 3.8) is 0 Å². The third-order valence-electron chi connectivity index (χ3n) is 0.387. The molecule has 0 amide bonds. The Hall–Kier alpha value is -0.160. The molecule has 0 aromatic carbocycles. The zero-order valence-electron chi connectivity index (χ0n) is 2.56. The summed E-state index contributed by atoms with van der Waals surface area (Å²) < 4.78 is 0. The first-order chi connectivity index (χ1) is 2.43. The lowest BCUT2D eigenvalue weighted by Gasteiger charge is -1.75. The Balaban J connectivity index is 2.00. The summed E-state index contributed by atoms with van der Waals surface area (Å²) in [4.78, 5) is 4.37. The fraction of sp³-hybridized carbons (Fsp3) is 1.00. The van der Waals surface area contributed by atoms with Crippen LogP contribution in [-0.4, -0.2) is 6.35 Å². The predicted octanol–water partition coefficient (Wildman–Crippen LogP) is -1.73. The van der Waals surface area contributed by atoms with Gasteiger partial charge in [0.05, 0.1) is 0 Å². The molecule has 1 aliphatic rings. The maximum atomic E-state index is 4.80. The Morgan fingerprint density at radius 3 is 2.60 bits per heavy atom. The third kappa shape index (κ3) is 0.555. The van der Waals surface area contributed by atoms with Gasteiger partial charge in [-0.2, -0.15) is 5.48 Å². The van der Waals surface area contributed by atoms with E-state index in [0.717, 1.165) is 0 Å². The molecule has 4 nitrogen and oxygen atoms in total. The molecule has 1 atom stereocenters. The summed E-state index contributed by atoms with van der Waals surface area (Å²) in [6.45, 7) is 0. The molecule has 4 heteroatoms. The first-order valence-electron chi connectivity index (χ1n) is 1.31.